The van der Waals surface area contributed by atoms with E-state index < -0.39 is 5.60 Å². The summed E-state index contributed by atoms with van der Waals surface area (Å²) in [6.07, 6.45) is -0.225. The number of benzene rings is 3. The molecule has 0 aliphatic carbocycles. The summed E-state index contributed by atoms with van der Waals surface area (Å²) < 4.78 is 14.3. The van der Waals surface area contributed by atoms with E-state index in [-0.39, 0.29) is 6.09 Å². The minimum Gasteiger partial charge on any atom is -0.492 e. The molecule has 0 bridgehead atoms. The minimum atomic E-state index is -0.465. The van der Waals surface area contributed by atoms with Crippen molar-refractivity contribution in [1.29, 1.82) is 0 Å². The van der Waals surface area contributed by atoms with E-state index in [9.17, 15) is 4.79 Å². The number of ether oxygens (including phenoxy) is 2. The van der Waals surface area contributed by atoms with Crippen molar-refractivity contribution in [3.05, 3.63) is 78.4 Å². The first kappa shape index (κ1) is 24.2. The van der Waals surface area contributed by atoms with Crippen molar-refractivity contribution >= 4 is 27.9 Å². The van der Waals surface area contributed by atoms with Crippen molar-refractivity contribution in [2.75, 3.05) is 39.3 Å². The van der Waals surface area contributed by atoms with Crippen molar-refractivity contribution in [1.82, 2.24) is 14.4 Å². The van der Waals surface area contributed by atoms with Crippen LogP contribution < -0.4 is 4.74 Å². The zero-order valence-corrected chi connectivity index (χ0v) is 21.4. The number of carbonyl (C=O) groups excluding carboxylic acids is 1. The number of amides is 1. The second-order valence-corrected chi connectivity index (χ2v) is 10.4. The molecule has 1 aliphatic heterocycles. The first-order valence-electron chi connectivity index (χ1n) is 12.8. The molecule has 6 nitrogen and oxygen atoms in total. The van der Waals surface area contributed by atoms with E-state index >= 15 is 0 Å². The van der Waals surface area contributed by atoms with Crippen LogP contribution in [0.15, 0.2) is 72.8 Å². The van der Waals surface area contributed by atoms with E-state index in [4.69, 9.17) is 9.47 Å². The van der Waals surface area contributed by atoms with Crippen LogP contribution in [-0.2, 0) is 11.3 Å². The van der Waals surface area contributed by atoms with Gasteiger partial charge in [0.2, 0.25) is 0 Å². The van der Waals surface area contributed by atoms with Gasteiger partial charge in [-0.25, -0.2) is 4.79 Å². The molecule has 1 saturated heterocycles. The van der Waals surface area contributed by atoms with Gasteiger partial charge in [-0.3, -0.25) is 4.90 Å². The summed E-state index contributed by atoms with van der Waals surface area (Å²) in [5, 5.41) is 2.38. The molecular weight excluding hydrogens is 450 g/mol. The van der Waals surface area contributed by atoms with E-state index in [0.717, 1.165) is 31.9 Å². The molecule has 0 atom stereocenters. The Morgan fingerprint density at radius 1 is 0.833 bits per heavy atom. The lowest BCUT2D eigenvalue weighted by Gasteiger charge is -2.35. The molecule has 36 heavy (non-hydrogen) atoms. The van der Waals surface area contributed by atoms with Crippen LogP contribution in [0.2, 0.25) is 0 Å². The average molecular weight is 486 g/mol. The van der Waals surface area contributed by atoms with Crippen LogP contribution in [0, 0.1) is 0 Å². The molecule has 6 heteroatoms. The van der Waals surface area contributed by atoms with Crippen LogP contribution in [0.1, 0.15) is 26.3 Å². The van der Waals surface area contributed by atoms with Gasteiger partial charge in [0.25, 0.3) is 0 Å². The fourth-order valence-corrected chi connectivity index (χ4v) is 4.89. The summed E-state index contributed by atoms with van der Waals surface area (Å²) in [6, 6.07) is 25.5. The molecule has 5 rings (SSSR count). The maximum Gasteiger partial charge on any atom is 0.410 e. The molecule has 0 unspecified atom stereocenters. The number of para-hydroxylation sites is 1. The SMILES string of the molecule is CC(C)(C)OC(=O)N1CCN(CCOc2cccc3c2c2ccccc2n3Cc2ccccc2)CC1. The third-order valence-electron chi connectivity index (χ3n) is 6.63. The van der Waals surface area contributed by atoms with Gasteiger partial charge in [0, 0.05) is 55.6 Å². The molecule has 2 heterocycles. The number of hydrogen-bond donors (Lipinski definition) is 0. The number of rotatable bonds is 6. The van der Waals surface area contributed by atoms with Gasteiger partial charge in [0.15, 0.2) is 0 Å². The predicted octanol–water partition coefficient (Wildman–Crippen LogP) is 5.77. The normalized spacial score (nSPS) is 14.9. The molecule has 188 valence electrons. The van der Waals surface area contributed by atoms with Gasteiger partial charge in [-0.05, 0) is 44.5 Å². The number of nitrogens with zero attached hydrogens (tertiary/aromatic N) is 3. The number of aromatic nitrogens is 1. The van der Waals surface area contributed by atoms with Crippen molar-refractivity contribution in [2.45, 2.75) is 32.9 Å². The molecule has 0 spiro atoms. The molecule has 4 aromatic rings. The quantitative estimate of drug-likeness (QED) is 0.348. The highest BCUT2D eigenvalue weighted by Gasteiger charge is 2.25. The monoisotopic (exact) mass is 485 g/mol. The van der Waals surface area contributed by atoms with E-state index in [2.05, 4.69) is 82.3 Å². The molecule has 1 aliphatic rings. The van der Waals surface area contributed by atoms with Crippen LogP contribution in [0.25, 0.3) is 21.8 Å². The smallest absolute Gasteiger partial charge is 0.410 e. The third kappa shape index (κ3) is 5.34. The maximum absolute atomic E-state index is 12.3. The van der Waals surface area contributed by atoms with Crippen molar-refractivity contribution in [3.8, 4) is 5.75 Å². The van der Waals surface area contributed by atoms with Gasteiger partial charge in [-0.15, -0.1) is 0 Å². The van der Waals surface area contributed by atoms with E-state index in [1.165, 1.54) is 27.4 Å². The van der Waals surface area contributed by atoms with Crippen LogP contribution in [0.5, 0.6) is 5.75 Å². The Hall–Kier alpha value is -3.51. The Labute approximate surface area is 213 Å². The van der Waals surface area contributed by atoms with Gasteiger partial charge in [-0.1, -0.05) is 54.6 Å². The third-order valence-corrected chi connectivity index (χ3v) is 6.63. The Morgan fingerprint density at radius 3 is 2.28 bits per heavy atom. The van der Waals surface area contributed by atoms with Crippen molar-refractivity contribution in [2.24, 2.45) is 0 Å². The Kier molecular flexibility index (Phi) is 6.88. The van der Waals surface area contributed by atoms with Gasteiger partial charge >= 0.3 is 6.09 Å². The molecule has 0 N–H and O–H groups in total. The van der Waals surface area contributed by atoms with Crippen molar-refractivity contribution < 1.29 is 14.3 Å². The second-order valence-electron chi connectivity index (χ2n) is 10.4. The Bertz CT molecular complexity index is 1330. The highest BCUT2D eigenvalue weighted by molar-refractivity contribution is 6.11. The molecule has 1 fully saturated rings. The zero-order valence-electron chi connectivity index (χ0n) is 21.4. The summed E-state index contributed by atoms with van der Waals surface area (Å²) in [5.41, 5.74) is 3.21. The standard InChI is InChI=1S/C30H35N3O3/c1-30(2,3)36-29(34)32-18-16-31(17-19-32)20-21-35-27-15-9-14-26-28(27)24-12-7-8-13-25(24)33(26)22-23-10-5-4-6-11-23/h4-15H,16-22H2,1-3H3. The Morgan fingerprint density at radius 2 is 1.53 bits per heavy atom. The fraction of sp³-hybridized carbons (Fsp3) is 0.367. The predicted molar refractivity (Wildman–Crippen MR) is 145 cm³/mol. The van der Waals surface area contributed by atoms with Crippen LogP contribution in [0.3, 0.4) is 0 Å². The zero-order chi connectivity index (χ0) is 25.1. The summed E-state index contributed by atoms with van der Waals surface area (Å²) in [7, 11) is 0. The van der Waals surface area contributed by atoms with Gasteiger partial charge in [0.1, 0.15) is 18.0 Å². The topological polar surface area (TPSA) is 46.9 Å². The number of hydrogen-bond acceptors (Lipinski definition) is 4. The highest BCUT2D eigenvalue weighted by Crippen LogP contribution is 2.36. The van der Waals surface area contributed by atoms with Gasteiger partial charge < -0.3 is 18.9 Å². The van der Waals surface area contributed by atoms with Crippen LogP contribution >= 0.6 is 0 Å². The summed E-state index contributed by atoms with van der Waals surface area (Å²) in [6.45, 7) is 10.9. The second kappa shape index (κ2) is 10.2. The van der Waals surface area contributed by atoms with Crippen LogP contribution in [-0.4, -0.2) is 65.4 Å². The fourth-order valence-electron chi connectivity index (χ4n) is 4.89. The number of piperazine rings is 1. The number of carbonyl (C=O) groups is 1. The van der Waals surface area contributed by atoms with Gasteiger partial charge in [-0.2, -0.15) is 0 Å². The average Bonchev–Trinajstić information content (AvgIpc) is 3.18. The molecule has 1 aromatic heterocycles. The maximum atomic E-state index is 12.3. The van der Waals surface area contributed by atoms with Crippen molar-refractivity contribution in [3.63, 3.8) is 0 Å². The summed E-state index contributed by atoms with van der Waals surface area (Å²) >= 11 is 0. The van der Waals surface area contributed by atoms with E-state index in [0.29, 0.717) is 19.7 Å². The molecule has 3 aromatic carbocycles. The molecule has 0 saturated carbocycles. The van der Waals surface area contributed by atoms with E-state index in [1.807, 2.05) is 20.8 Å². The largest absolute Gasteiger partial charge is 0.492 e. The summed E-state index contributed by atoms with van der Waals surface area (Å²) in [5.74, 6) is 0.919. The highest BCUT2D eigenvalue weighted by atomic mass is 16.6. The summed E-state index contributed by atoms with van der Waals surface area (Å²) in [4.78, 5) is 16.5. The van der Waals surface area contributed by atoms with Gasteiger partial charge in [0.05, 0.1) is 5.52 Å². The molecule has 1 amide bonds. The lowest BCUT2D eigenvalue weighted by atomic mass is 10.1. The molecule has 0 radical (unpaired) electrons. The molecular formula is C30H35N3O3. The lowest BCUT2D eigenvalue weighted by molar-refractivity contribution is 0.0137. The Balaban J connectivity index is 1.27. The van der Waals surface area contributed by atoms with Crippen LogP contribution in [0.4, 0.5) is 4.79 Å². The van der Waals surface area contributed by atoms with E-state index in [1.54, 1.807) is 4.90 Å². The minimum absolute atomic E-state index is 0.225. The number of fused-ring (bicyclic) bond motifs is 3. The lowest BCUT2D eigenvalue weighted by Crippen LogP contribution is -2.50. The first-order valence-corrected chi connectivity index (χ1v) is 12.8. The first-order chi connectivity index (χ1) is 17.4.